The molecule has 0 atom stereocenters. The molecule has 0 aliphatic rings. The summed E-state index contributed by atoms with van der Waals surface area (Å²) in [5.41, 5.74) is 3.50. The lowest BCUT2D eigenvalue weighted by molar-refractivity contribution is 0.907. The van der Waals surface area contributed by atoms with E-state index in [1.54, 1.807) is 6.07 Å². The van der Waals surface area contributed by atoms with Crippen molar-refractivity contribution in [2.45, 2.75) is 13.3 Å². The van der Waals surface area contributed by atoms with Gasteiger partial charge in [-0.15, -0.1) is 0 Å². The molecule has 1 aromatic carbocycles. The first kappa shape index (κ1) is 12.5. The van der Waals surface area contributed by atoms with Crippen LogP contribution in [0.25, 0.3) is 0 Å². The molecule has 1 aromatic rings. The van der Waals surface area contributed by atoms with Crippen molar-refractivity contribution in [3.8, 4) is 0 Å². The predicted octanol–water partition coefficient (Wildman–Crippen LogP) is 2.72. The summed E-state index contributed by atoms with van der Waals surface area (Å²) in [6.45, 7) is 2.81. The van der Waals surface area contributed by atoms with Gasteiger partial charge in [0.05, 0.1) is 5.02 Å². The summed E-state index contributed by atoms with van der Waals surface area (Å²) in [4.78, 5) is 4.32. The fourth-order valence-corrected chi connectivity index (χ4v) is 1.58. The number of nitrogens with zero attached hydrogens (tertiary/aromatic N) is 1. The first-order valence-electron chi connectivity index (χ1n) is 4.65. The Hall–Kier alpha value is -0.580. The van der Waals surface area contributed by atoms with Crippen molar-refractivity contribution in [1.29, 1.82) is 0 Å². The summed E-state index contributed by atoms with van der Waals surface area (Å²) in [7, 11) is 0. The van der Waals surface area contributed by atoms with Crippen LogP contribution in [0.15, 0.2) is 27.7 Å². The maximum absolute atomic E-state index is 5.89. The molecular formula is C10H13BrClN3. The highest BCUT2D eigenvalue weighted by Crippen LogP contribution is 2.23. The average Bonchev–Trinajstić information content (AvgIpc) is 2.24. The molecule has 5 heteroatoms. The van der Waals surface area contributed by atoms with E-state index in [1.165, 1.54) is 0 Å². The molecule has 3 N–H and O–H groups in total. The van der Waals surface area contributed by atoms with Crippen LogP contribution in [0, 0.1) is 0 Å². The van der Waals surface area contributed by atoms with Crippen molar-refractivity contribution in [3.05, 3.63) is 33.3 Å². The van der Waals surface area contributed by atoms with Crippen LogP contribution in [0.1, 0.15) is 18.9 Å². The normalized spacial score (nSPS) is 11.6. The fraction of sp³-hybridized carbons (Fsp3) is 0.300. The van der Waals surface area contributed by atoms with Crippen LogP contribution in [0.5, 0.6) is 0 Å². The van der Waals surface area contributed by atoms with Crippen molar-refractivity contribution >= 4 is 33.4 Å². The minimum Gasteiger partial charge on any atom is -0.308 e. The number of aliphatic imine (C=N–C) groups is 1. The Morgan fingerprint density at radius 3 is 2.87 bits per heavy atom. The first-order chi connectivity index (χ1) is 7.19. The second-order valence-corrected chi connectivity index (χ2v) is 4.27. The van der Waals surface area contributed by atoms with E-state index in [4.69, 9.17) is 17.4 Å². The number of nitrogens with one attached hydrogen (secondary N) is 1. The van der Waals surface area contributed by atoms with Gasteiger partial charge in [0.2, 0.25) is 0 Å². The number of halogens is 2. The highest BCUT2D eigenvalue weighted by Gasteiger charge is 2.04. The summed E-state index contributed by atoms with van der Waals surface area (Å²) < 4.78 is 0.834. The van der Waals surface area contributed by atoms with Gasteiger partial charge < -0.3 is 5.43 Å². The van der Waals surface area contributed by atoms with Crippen LogP contribution >= 0.6 is 27.5 Å². The molecule has 82 valence electrons. The second kappa shape index (κ2) is 6.10. The van der Waals surface area contributed by atoms with E-state index in [9.17, 15) is 0 Å². The number of amidine groups is 1. The molecule has 0 aromatic heterocycles. The zero-order chi connectivity index (χ0) is 11.3. The molecule has 0 unspecified atom stereocenters. The van der Waals surface area contributed by atoms with E-state index in [2.05, 4.69) is 33.3 Å². The number of nitrogens with two attached hydrogens (primary N) is 1. The van der Waals surface area contributed by atoms with Crippen molar-refractivity contribution in [3.63, 3.8) is 0 Å². The van der Waals surface area contributed by atoms with Gasteiger partial charge in [-0.05, 0) is 40.5 Å². The molecule has 0 heterocycles. The van der Waals surface area contributed by atoms with E-state index in [0.717, 1.165) is 23.0 Å². The second-order valence-electron chi connectivity index (χ2n) is 3.00. The lowest BCUT2D eigenvalue weighted by atomic mass is 10.2. The molecule has 15 heavy (non-hydrogen) atoms. The highest BCUT2D eigenvalue weighted by atomic mass is 79.9. The van der Waals surface area contributed by atoms with Gasteiger partial charge in [-0.2, -0.15) is 0 Å². The van der Waals surface area contributed by atoms with Gasteiger partial charge in [-0.25, -0.2) is 5.84 Å². The van der Waals surface area contributed by atoms with Gasteiger partial charge in [0, 0.05) is 16.6 Å². The number of rotatable bonds is 3. The van der Waals surface area contributed by atoms with E-state index in [-0.39, 0.29) is 0 Å². The number of hydrogen-bond donors (Lipinski definition) is 2. The van der Waals surface area contributed by atoms with E-state index in [0.29, 0.717) is 10.9 Å². The topological polar surface area (TPSA) is 50.4 Å². The van der Waals surface area contributed by atoms with E-state index in [1.807, 2.05) is 12.1 Å². The van der Waals surface area contributed by atoms with Crippen molar-refractivity contribution < 1.29 is 0 Å². The van der Waals surface area contributed by atoms with Crippen LogP contribution in [0.3, 0.4) is 0 Å². The minimum atomic E-state index is 0.672. The van der Waals surface area contributed by atoms with Crippen LogP contribution < -0.4 is 11.3 Å². The smallest absolute Gasteiger partial charge is 0.142 e. The van der Waals surface area contributed by atoms with Crippen molar-refractivity contribution in [1.82, 2.24) is 5.43 Å². The number of benzene rings is 1. The molecule has 3 nitrogen and oxygen atoms in total. The van der Waals surface area contributed by atoms with Crippen LogP contribution in [-0.2, 0) is 0 Å². The minimum absolute atomic E-state index is 0.672. The van der Waals surface area contributed by atoms with E-state index >= 15 is 0 Å². The zero-order valence-corrected chi connectivity index (χ0v) is 10.8. The largest absolute Gasteiger partial charge is 0.308 e. The molecular weight excluding hydrogens is 277 g/mol. The Kier molecular flexibility index (Phi) is 5.08. The Morgan fingerprint density at radius 2 is 2.33 bits per heavy atom. The summed E-state index contributed by atoms with van der Waals surface area (Å²) in [6, 6.07) is 5.57. The van der Waals surface area contributed by atoms with Gasteiger partial charge in [-0.3, -0.25) is 4.99 Å². The zero-order valence-electron chi connectivity index (χ0n) is 8.43. The molecule has 0 fully saturated rings. The Morgan fingerprint density at radius 1 is 1.60 bits per heavy atom. The summed E-state index contributed by atoms with van der Waals surface area (Å²) in [5, 5.41) is 0.672. The SMILES string of the molecule is CCCN=C(NN)c1ccc(Cl)c(Br)c1. The maximum atomic E-state index is 5.89. The van der Waals surface area contributed by atoms with Crippen molar-refractivity contribution in [2.75, 3.05) is 6.54 Å². The molecule has 0 bridgehead atoms. The molecule has 0 spiro atoms. The van der Waals surface area contributed by atoms with Gasteiger partial charge in [0.15, 0.2) is 0 Å². The molecule has 0 amide bonds. The molecule has 0 saturated carbocycles. The first-order valence-corrected chi connectivity index (χ1v) is 5.82. The molecule has 1 rings (SSSR count). The Bertz CT molecular complexity index is 366. The fourth-order valence-electron chi connectivity index (χ4n) is 1.09. The van der Waals surface area contributed by atoms with Gasteiger partial charge in [0.25, 0.3) is 0 Å². The van der Waals surface area contributed by atoms with Gasteiger partial charge >= 0.3 is 0 Å². The van der Waals surface area contributed by atoms with Gasteiger partial charge in [-0.1, -0.05) is 18.5 Å². The molecule has 0 aliphatic heterocycles. The predicted molar refractivity (Wildman–Crippen MR) is 68.2 cm³/mol. The Balaban J connectivity index is 2.97. The average molecular weight is 291 g/mol. The summed E-state index contributed by atoms with van der Waals surface area (Å²) in [5.74, 6) is 6.08. The number of hydrazine groups is 1. The van der Waals surface area contributed by atoms with Crippen LogP contribution in [0.2, 0.25) is 5.02 Å². The monoisotopic (exact) mass is 289 g/mol. The van der Waals surface area contributed by atoms with Crippen molar-refractivity contribution in [2.24, 2.45) is 10.8 Å². The number of hydrogen-bond acceptors (Lipinski definition) is 2. The van der Waals surface area contributed by atoms with Crippen LogP contribution in [0.4, 0.5) is 0 Å². The van der Waals surface area contributed by atoms with Crippen LogP contribution in [-0.4, -0.2) is 12.4 Å². The summed E-state index contributed by atoms with van der Waals surface area (Å²) in [6.07, 6.45) is 0.986. The summed E-state index contributed by atoms with van der Waals surface area (Å²) >= 11 is 9.25. The highest BCUT2D eigenvalue weighted by molar-refractivity contribution is 9.10. The maximum Gasteiger partial charge on any atom is 0.142 e. The Labute approximate surface area is 103 Å². The molecule has 0 radical (unpaired) electrons. The quantitative estimate of drug-likeness (QED) is 0.389. The van der Waals surface area contributed by atoms with E-state index < -0.39 is 0 Å². The standard InChI is InChI=1S/C10H13BrClN3/c1-2-5-14-10(15-13)7-3-4-9(12)8(11)6-7/h3-4,6H,2,5,13H2,1H3,(H,14,15). The third-order valence-corrected chi connectivity index (χ3v) is 3.04. The molecule has 0 saturated heterocycles. The third-order valence-electron chi connectivity index (χ3n) is 1.82. The third kappa shape index (κ3) is 3.48. The molecule has 0 aliphatic carbocycles. The van der Waals surface area contributed by atoms with Gasteiger partial charge in [0.1, 0.15) is 5.84 Å². The lowest BCUT2D eigenvalue weighted by Gasteiger charge is -2.06. The lowest BCUT2D eigenvalue weighted by Crippen LogP contribution is -2.31.